The van der Waals surface area contributed by atoms with Crippen molar-refractivity contribution in [3.8, 4) is 11.5 Å². The second-order valence-corrected chi connectivity index (χ2v) is 5.16. The zero-order chi connectivity index (χ0) is 12.5. The van der Waals surface area contributed by atoms with E-state index in [1.54, 1.807) is 0 Å². The molecule has 1 aromatic rings. The van der Waals surface area contributed by atoms with Crippen molar-refractivity contribution in [2.75, 3.05) is 19.9 Å². The van der Waals surface area contributed by atoms with E-state index in [-0.39, 0.29) is 0 Å². The van der Waals surface area contributed by atoms with Crippen molar-refractivity contribution in [1.29, 1.82) is 0 Å². The maximum Gasteiger partial charge on any atom is 0.231 e. The average molecular weight is 248 g/mol. The van der Waals surface area contributed by atoms with Gasteiger partial charge in [0.15, 0.2) is 11.5 Å². The number of hydrogen-bond donors (Lipinski definition) is 1. The zero-order valence-electron chi connectivity index (χ0n) is 10.8. The van der Waals surface area contributed by atoms with Crippen LogP contribution in [0.2, 0.25) is 0 Å². The summed E-state index contributed by atoms with van der Waals surface area (Å²) >= 11 is 0. The van der Waals surface area contributed by atoms with E-state index in [0.29, 0.717) is 18.9 Å². The quantitative estimate of drug-likeness (QED) is 0.868. The van der Waals surface area contributed by atoms with E-state index in [0.717, 1.165) is 37.4 Å². The van der Waals surface area contributed by atoms with Crippen molar-refractivity contribution in [2.24, 2.45) is 5.73 Å². The third-order valence-electron chi connectivity index (χ3n) is 4.00. The number of rotatable bonds is 2. The van der Waals surface area contributed by atoms with Gasteiger partial charge < -0.3 is 15.2 Å². The standard InChI is InChI=1S/C14H20N2O2/c1-10(16-6-4-12(15)5-7-16)11-2-3-13-14(8-11)18-9-17-13/h2-3,8,10,12H,4-7,9,15H2,1H3. The van der Waals surface area contributed by atoms with Crippen LogP contribution in [0, 0.1) is 0 Å². The Morgan fingerprint density at radius 1 is 1.22 bits per heavy atom. The zero-order valence-corrected chi connectivity index (χ0v) is 10.8. The molecule has 1 fully saturated rings. The molecule has 1 atom stereocenters. The lowest BCUT2D eigenvalue weighted by Crippen LogP contribution is -2.40. The van der Waals surface area contributed by atoms with Crippen LogP contribution >= 0.6 is 0 Å². The number of fused-ring (bicyclic) bond motifs is 1. The molecule has 0 aliphatic carbocycles. The molecule has 0 aromatic heterocycles. The highest BCUT2D eigenvalue weighted by Gasteiger charge is 2.23. The molecule has 2 N–H and O–H groups in total. The van der Waals surface area contributed by atoms with E-state index < -0.39 is 0 Å². The molecule has 4 heteroatoms. The topological polar surface area (TPSA) is 47.7 Å². The van der Waals surface area contributed by atoms with E-state index in [1.165, 1.54) is 5.56 Å². The van der Waals surface area contributed by atoms with Crippen LogP contribution in [0.25, 0.3) is 0 Å². The Morgan fingerprint density at radius 2 is 1.94 bits per heavy atom. The summed E-state index contributed by atoms with van der Waals surface area (Å²) in [5, 5.41) is 0. The molecule has 4 nitrogen and oxygen atoms in total. The third-order valence-corrected chi connectivity index (χ3v) is 4.00. The van der Waals surface area contributed by atoms with Gasteiger partial charge in [0.1, 0.15) is 0 Å². The highest BCUT2D eigenvalue weighted by molar-refractivity contribution is 5.45. The fraction of sp³-hybridized carbons (Fsp3) is 0.571. The van der Waals surface area contributed by atoms with Crippen LogP contribution in [0.3, 0.4) is 0 Å². The average Bonchev–Trinajstić information content (AvgIpc) is 2.86. The Balaban J connectivity index is 1.74. The molecule has 2 heterocycles. The van der Waals surface area contributed by atoms with Crippen LogP contribution < -0.4 is 15.2 Å². The van der Waals surface area contributed by atoms with Gasteiger partial charge >= 0.3 is 0 Å². The van der Waals surface area contributed by atoms with Crippen molar-refractivity contribution in [3.05, 3.63) is 23.8 Å². The van der Waals surface area contributed by atoms with Crippen molar-refractivity contribution < 1.29 is 9.47 Å². The van der Waals surface area contributed by atoms with Gasteiger partial charge in [-0.25, -0.2) is 0 Å². The Labute approximate surface area is 108 Å². The number of ether oxygens (including phenoxy) is 2. The number of nitrogens with zero attached hydrogens (tertiary/aromatic N) is 1. The van der Waals surface area contributed by atoms with Crippen molar-refractivity contribution >= 4 is 0 Å². The molecule has 98 valence electrons. The van der Waals surface area contributed by atoms with E-state index >= 15 is 0 Å². The first-order valence-electron chi connectivity index (χ1n) is 6.63. The third kappa shape index (κ3) is 2.18. The molecule has 2 aliphatic rings. The minimum absolute atomic E-state index is 0.339. The van der Waals surface area contributed by atoms with E-state index in [4.69, 9.17) is 15.2 Å². The molecule has 0 bridgehead atoms. The Kier molecular flexibility index (Phi) is 3.14. The van der Waals surface area contributed by atoms with E-state index in [9.17, 15) is 0 Å². The maximum atomic E-state index is 5.95. The predicted octanol–water partition coefficient (Wildman–Crippen LogP) is 1.90. The molecule has 1 unspecified atom stereocenters. The lowest BCUT2D eigenvalue weighted by Gasteiger charge is -2.35. The van der Waals surface area contributed by atoms with Gasteiger partial charge in [0.2, 0.25) is 6.79 Å². The first-order valence-corrected chi connectivity index (χ1v) is 6.63. The Bertz CT molecular complexity index is 428. The second-order valence-electron chi connectivity index (χ2n) is 5.16. The lowest BCUT2D eigenvalue weighted by atomic mass is 10.0. The van der Waals surface area contributed by atoms with Crippen LogP contribution in [0.1, 0.15) is 31.4 Å². The SMILES string of the molecule is CC(c1ccc2c(c1)OCO2)N1CCC(N)CC1. The molecule has 3 rings (SSSR count). The van der Waals surface area contributed by atoms with Gasteiger partial charge in [0.05, 0.1) is 0 Å². The summed E-state index contributed by atoms with van der Waals surface area (Å²) in [6, 6.07) is 7.02. The Hall–Kier alpha value is -1.26. The van der Waals surface area contributed by atoms with Crippen LogP contribution in [-0.2, 0) is 0 Å². The minimum atomic E-state index is 0.339. The van der Waals surface area contributed by atoms with Crippen molar-refractivity contribution in [2.45, 2.75) is 31.8 Å². The van der Waals surface area contributed by atoms with Gasteiger partial charge in [0, 0.05) is 25.2 Å². The van der Waals surface area contributed by atoms with Crippen LogP contribution in [0.5, 0.6) is 11.5 Å². The van der Waals surface area contributed by atoms with Crippen molar-refractivity contribution in [3.63, 3.8) is 0 Å². The monoisotopic (exact) mass is 248 g/mol. The van der Waals surface area contributed by atoms with Gasteiger partial charge in [-0.15, -0.1) is 0 Å². The van der Waals surface area contributed by atoms with Gasteiger partial charge in [-0.2, -0.15) is 0 Å². The smallest absolute Gasteiger partial charge is 0.231 e. The Morgan fingerprint density at radius 3 is 2.72 bits per heavy atom. The molecule has 0 saturated carbocycles. The van der Waals surface area contributed by atoms with Crippen LogP contribution in [0.4, 0.5) is 0 Å². The molecule has 2 aliphatic heterocycles. The number of likely N-dealkylation sites (tertiary alicyclic amines) is 1. The minimum Gasteiger partial charge on any atom is -0.454 e. The maximum absolute atomic E-state index is 5.95. The number of hydrogen-bond acceptors (Lipinski definition) is 4. The molecule has 1 aromatic carbocycles. The number of nitrogens with two attached hydrogens (primary N) is 1. The number of benzene rings is 1. The number of piperidine rings is 1. The van der Waals surface area contributed by atoms with Gasteiger partial charge in [-0.1, -0.05) is 6.07 Å². The fourth-order valence-corrected chi connectivity index (χ4v) is 2.69. The molecule has 0 spiro atoms. The second kappa shape index (κ2) is 4.78. The predicted molar refractivity (Wildman–Crippen MR) is 69.8 cm³/mol. The summed E-state index contributed by atoms with van der Waals surface area (Å²) in [4.78, 5) is 2.49. The summed E-state index contributed by atoms with van der Waals surface area (Å²) < 4.78 is 10.8. The van der Waals surface area contributed by atoms with E-state index in [1.807, 2.05) is 6.07 Å². The summed E-state index contributed by atoms with van der Waals surface area (Å²) in [7, 11) is 0. The van der Waals surface area contributed by atoms with Crippen LogP contribution in [-0.4, -0.2) is 30.8 Å². The fourth-order valence-electron chi connectivity index (χ4n) is 2.69. The van der Waals surface area contributed by atoms with Crippen LogP contribution in [0.15, 0.2) is 18.2 Å². The molecule has 1 saturated heterocycles. The van der Waals surface area contributed by atoms with Gasteiger partial charge in [0.25, 0.3) is 0 Å². The largest absolute Gasteiger partial charge is 0.454 e. The lowest BCUT2D eigenvalue weighted by molar-refractivity contribution is 0.162. The molecule has 0 amide bonds. The first-order chi connectivity index (χ1) is 8.74. The molecule has 18 heavy (non-hydrogen) atoms. The highest BCUT2D eigenvalue weighted by Crippen LogP contribution is 2.35. The molecule has 0 radical (unpaired) electrons. The summed E-state index contributed by atoms with van der Waals surface area (Å²) in [5.41, 5.74) is 7.23. The first kappa shape index (κ1) is 11.8. The molecular formula is C14H20N2O2. The highest BCUT2D eigenvalue weighted by atomic mass is 16.7. The van der Waals surface area contributed by atoms with Gasteiger partial charge in [-0.05, 0) is 37.5 Å². The normalized spacial score (nSPS) is 22.1. The summed E-state index contributed by atoms with van der Waals surface area (Å²) in [6.07, 6.45) is 2.18. The summed E-state index contributed by atoms with van der Waals surface area (Å²) in [6.45, 7) is 4.74. The molecular weight excluding hydrogens is 228 g/mol. The van der Waals surface area contributed by atoms with Gasteiger partial charge in [-0.3, -0.25) is 4.90 Å². The van der Waals surface area contributed by atoms with Crippen molar-refractivity contribution in [1.82, 2.24) is 4.90 Å². The summed E-state index contributed by atoms with van der Waals surface area (Å²) in [5.74, 6) is 1.72. The van der Waals surface area contributed by atoms with E-state index in [2.05, 4.69) is 24.0 Å².